The number of carbonyl (C=O) groups is 2. The van der Waals surface area contributed by atoms with E-state index in [2.05, 4.69) is 4.90 Å². The van der Waals surface area contributed by atoms with E-state index in [0.717, 1.165) is 25.9 Å². The molecule has 0 aromatic heterocycles. The third-order valence-corrected chi connectivity index (χ3v) is 4.08. The van der Waals surface area contributed by atoms with Crippen molar-refractivity contribution in [3.63, 3.8) is 0 Å². The van der Waals surface area contributed by atoms with Crippen LogP contribution in [0.1, 0.15) is 26.2 Å². The van der Waals surface area contributed by atoms with E-state index in [4.69, 9.17) is 0 Å². The average Bonchev–Trinajstić information content (AvgIpc) is 2.60. The zero-order valence-corrected chi connectivity index (χ0v) is 10.5. The molecule has 0 aliphatic carbocycles. The molecular formula is C12H20N2O3. The van der Waals surface area contributed by atoms with Crippen LogP contribution in [-0.2, 0) is 9.59 Å². The Bertz CT molecular complexity index is 345. The van der Waals surface area contributed by atoms with Gasteiger partial charge in [0.15, 0.2) is 0 Å². The summed E-state index contributed by atoms with van der Waals surface area (Å²) in [5.74, 6) is -0.611. The van der Waals surface area contributed by atoms with Gasteiger partial charge in [0.25, 0.3) is 0 Å². The van der Waals surface area contributed by atoms with Crippen molar-refractivity contribution in [3.8, 4) is 0 Å². The van der Waals surface area contributed by atoms with Crippen LogP contribution in [-0.4, -0.2) is 59.5 Å². The molecule has 2 aliphatic rings. The van der Waals surface area contributed by atoms with Gasteiger partial charge in [-0.2, -0.15) is 0 Å². The summed E-state index contributed by atoms with van der Waals surface area (Å²) in [7, 11) is 1.81. The smallest absolute Gasteiger partial charge is 0.310 e. The molecule has 96 valence electrons. The van der Waals surface area contributed by atoms with E-state index in [1.807, 2.05) is 7.05 Å². The van der Waals surface area contributed by atoms with Gasteiger partial charge in [0, 0.05) is 20.1 Å². The van der Waals surface area contributed by atoms with Crippen LogP contribution in [0.25, 0.3) is 0 Å². The van der Waals surface area contributed by atoms with Crippen LogP contribution in [0.4, 0.5) is 0 Å². The maximum Gasteiger partial charge on any atom is 0.310 e. The lowest BCUT2D eigenvalue weighted by molar-refractivity contribution is -0.153. The molecule has 2 atom stereocenters. The molecule has 0 radical (unpaired) electrons. The molecule has 0 aromatic carbocycles. The van der Waals surface area contributed by atoms with E-state index >= 15 is 0 Å². The average molecular weight is 240 g/mol. The summed E-state index contributed by atoms with van der Waals surface area (Å²) < 4.78 is 0. The van der Waals surface area contributed by atoms with Gasteiger partial charge in [0.1, 0.15) is 0 Å². The first-order valence-corrected chi connectivity index (χ1v) is 6.16. The molecule has 1 amide bonds. The lowest BCUT2D eigenvalue weighted by atomic mass is 9.81. The summed E-state index contributed by atoms with van der Waals surface area (Å²) >= 11 is 0. The minimum atomic E-state index is -0.749. The van der Waals surface area contributed by atoms with Crippen molar-refractivity contribution in [2.24, 2.45) is 5.41 Å². The Morgan fingerprint density at radius 1 is 1.47 bits per heavy atom. The number of nitrogens with zero attached hydrogens (tertiary/aromatic N) is 2. The van der Waals surface area contributed by atoms with Gasteiger partial charge in [0.05, 0.1) is 11.5 Å². The van der Waals surface area contributed by atoms with Crippen LogP contribution in [0.15, 0.2) is 0 Å². The van der Waals surface area contributed by atoms with Crippen molar-refractivity contribution in [2.75, 3.05) is 26.7 Å². The lowest BCUT2D eigenvalue weighted by Gasteiger charge is -2.39. The molecule has 2 unspecified atom stereocenters. The van der Waals surface area contributed by atoms with Crippen LogP contribution >= 0.6 is 0 Å². The molecule has 2 aliphatic heterocycles. The number of hydrogen-bond donors (Lipinski definition) is 1. The number of carbonyl (C=O) groups excluding carboxylic acids is 1. The molecule has 17 heavy (non-hydrogen) atoms. The highest BCUT2D eigenvalue weighted by atomic mass is 16.4. The van der Waals surface area contributed by atoms with E-state index in [1.165, 1.54) is 0 Å². The van der Waals surface area contributed by atoms with Gasteiger partial charge >= 0.3 is 5.97 Å². The number of hydrogen-bond acceptors (Lipinski definition) is 3. The predicted molar refractivity (Wildman–Crippen MR) is 62.6 cm³/mol. The van der Waals surface area contributed by atoms with Gasteiger partial charge in [-0.3, -0.25) is 14.5 Å². The largest absolute Gasteiger partial charge is 0.481 e. The summed E-state index contributed by atoms with van der Waals surface area (Å²) in [5, 5.41) is 9.25. The van der Waals surface area contributed by atoms with E-state index in [9.17, 15) is 14.7 Å². The molecule has 2 heterocycles. The maximum atomic E-state index is 11.9. The Labute approximate surface area is 101 Å². The van der Waals surface area contributed by atoms with Crippen molar-refractivity contribution in [1.29, 1.82) is 0 Å². The number of aliphatic carboxylic acids is 1. The Kier molecular flexibility index (Phi) is 3.12. The molecule has 0 saturated carbocycles. The molecule has 2 rings (SSSR count). The summed E-state index contributed by atoms with van der Waals surface area (Å²) in [6.45, 7) is 3.90. The SMILES string of the molecule is CN1CCC(N2CCCC(C)(C(=O)O)C2)C1=O. The second kappa shape index (κ2) is 4.29. The summed E-state index contributed by atoms with van der Waals surface area (Å²) in [5.41, 5.74) is -0.695. The van der Waals surface area contributed by atoms with Crippen molar-refractivity contribution < 1.29 is 14.7 Å². The van der Waals surface area contributed by atoms with Gasteiger partial charge in [-0.05, 0) is 32.7 Å². The number of amides is 1. The Hall–Kier alpha value is -1.10. The Balaban J connectivity index is 2.08. The topological polar surface area (TPSA) is 60.9 Å². The van der Waals surface area contributed by atoms with Crippen LogP contribution < -0.4 is 0 Å². The second-order valence-electron chi connectivity index (χ2n) is 5.50. The fourth-order valence-corrected chi connectivity index (χ4v) is 2.86. The summed E-state index contributed by atoms with van der Waals surface area (Å²) in [6.07, 6.45) is 2.39. The maximum absolute atomic E-state index is 11.9. The lowest BCUT2D eigenvalue weighted by Crippen LogP contribution is -2.52. The fourth-order valence-electron chi connectivity index (χ4n) is 2.86. The number of piperidine rings is 1. The van der Waals surface area contributed by atoms with Gasteiger partial charge in [-0.15, -0.1) is 0 Å². The molecule has 2 fully saturated rings. The quantitative estimate of drug-likeness (QED) is 0.759. The van der Waals surface area contributed by atoms with Crippen LogP contribution in [0, 0.1) is 5.41 Å². The van der Waals surface area contributed by atoms with Gasteiger partial charge < -0.3 is 10.0 Å². The molecular weight excluding hydrogens is 220 g/mol. The number of carboxylic acid groups (broad SMARTS) is 1. The summed E-state index contributed by atoms with van der Waals surface area (Å²) in [4.78, 5) is 27.0. The molecule has 1 N–H and O–H groups in total. The summed E-state index contributed by atoms with van der Waals surface area (Å²) in [6, 6.07) is -0.0982. The number of rotatable bonds is 2. The van der Waals surface area contributed by atoms with E-state index in [0.29, 0.717) is 13.0 Å². The minimum Gasteiger partial charge on any atom is -0.481 e. The van der Waals surface area contributed by atoms with E-state index in [1.54, 1.807) is 11.8 Å². The number of carboxylic acids is 1. The molecule has 5 heteroatoms. The first-order chi connectivity index (χ1) is 7.94. The molecule has 2 saturated heterocycles. The molecule has 0 bridgehead atoms. The highest BCUT2D eigenvalue weighted by Gasteiger charge is 2.43. The van der Waals surface area contributed by atoms with Crippen LogP contribution in [0.3, 0.4) is 0 Å². The monoisotopic (exact) mass is 240 g/mol. The third-order valence-electron chi connectivity index (χ3n) is 4.08. The zero-order valence-electron chi connectivity index (χ0n) is 10.5. The van der Waals surface area contributed by atoms with Crippen molar-refractivity contribution in [1.82, 2.24) is 9.80 Å². The van der Waals surface area contributed by atoms with E-state index < -0.39 is 11.4 Å². The molecule has 0 aromatic rings. The number of likely N-dealkylation sites (tertiary alicyclic amines) is 2. The van der Waals surface area contributed by atoms with Crippen LogP contribution in [0.2, 0.25) is 0 Å². The van der Waals surface area contributed by atoms with Gasteiger partial charge in [0.2, 0.25) is 5.91 Å². The predicted octanol–water partition coefficient (Wildman–Crippen LogP) is 0.404. The highest BCUT2D eigenvalue weighted by Crippen LogP contribution is 2.32. The first kappa shape index (κ1) is 12.4. The van der Waals surface area contributed by atoms with Crippen molar-refractivity contribution >= 4 is 11.9 Å². The minimum absolute atomic E-state index is 0.0982. The van der Waals surface area contributed by atoms with E-state index in [-0.39, 0.29) is 11.9 Å². The van der Waals surface area contributed by atoms with Gasteiger partial charge in [-0.25, -0.2) is 0 Å². The van der Waals surface area contributed by atoms with Crippen LogP contribution in [0.5, 0.6) is 0 Å². The zero-order chi connectivity index (χ0) is 12.6. The fraction of sp³-hybridized carbons (Fsp3) is 0.833. The van der Waals surface area contributed by atoms with Gasteiger partial charge in [-0.1, -0.05) is 0 Å². The standard InChI is InChI=1S/C12H20N2O3/c1-12(11(16)17)5-3-6-14(8-12)9-4-7-13(2)10(9)15/h9H,3-8H2,1-2H3,(H,16,17). The third kappa shape index (κ3) is 2.16. The van der Waals surface area contributed by atoms with Crippen molar-refractivity contribution in [3.05, 3.63) is 0 Å². The Morgan fingerprint density at radius 2 is 2.18 bits per heavy atom. The van der Waals surface area contributed by atoms with Crippen molar-refractivity contribution in [2.45, 2.75) is 32.2 Å². The Morgan fingerprint density at radius 3 is 2.71 bits per heavy atom. The molecule has 5 nitrogen and oxygen atoms in total. The number of likely N-dealkylation sites (N-methyl/N-ethyl adjacent to an activating group) is 1. The highest BCUT2D eigenvalue weighted by molar-refractivity contribution is 5.84. The molecule has 0 spiro atoms. The second-order valence-corrected chi connectivity index (χ2v) is 5.50. The normalized spacial score (nSPS) is 35.3. The first-order valence-electron chi connectivity index (χ1n) is 6.16.